The SMILES string of the molecule is CCC(C)c1ccc(N2C(=O)NC(=O)C(=Cc3cccn3CCOc3ccccc3Cl)C2=O)cc1. The van der Waals surface area contributed by atoms with Gasteiger partial charge in [-0.05, 0) is 60.4 Å². The summed E-state index contributed by atoms with van der Waals surface area (Å²) in [5.74, 6) is -0.458. The zero-order chi connectivity index (χ0) is 24.9. The standard InChI is InChI=1S/C27H26ClN3O4/c1-3-18(2)19-10-12-20(13-11-19)31-26(33)22(25(32)29-27(31)34)17-21-7-6-14-30(21)15-16-35-24-9-5-4-8-23(24)28/h4-14,17-18H,3,15-16H2,1-2H3,(H,29,32,34). The van der Waals surface area contributed by atoms with E-state index in [0.717, 1.165) is 16.9 Å². The van der Waals surface area contributed by atoms with Crippen molar-refractivity contribution in [2.75, 3.05) is 11.5 Å². The maximum Gasteiger partial charge on any atom is 0.335 e. The second-order valence-corrected chi connectivity index (χ2v) is 8.67. The number of para-hydroxylation sites is 1. The molecule has 1 saturated heterocycles. The first-order valence-corrected chi connectivity index (χ1v) is 11.8. The van der Waals surface area contributed by atoms with Crippen molar-refractivity contribution in [2.45, 2.75) is 32.7 Å². The summed E-state index contributed by atoms with van der Waals surface area (Å²) in [4.78, 5) is 39.3. The lowest BCUT2D eigenvalue weighted by Gasteiger charge is -2.26. The van der Waals surface area contributed by atoms with E-state index < -0.39 is 17.8 Å². The molecule has 8 heteroatoms. The fourth-order valence-corrected chi connectivity index (χ4v) is 4.00. The first kappa shape index (κ1) is 24.3. The molecule has 1 N–H and O–H groups in total. The molecule has 1 unspecified atom stereocenters. The van der Waals surface area contributed by atoms with E-state index in [0.29, 0.717) is 41.2 Å². The van der Waals surface area contributed by atoms with Crippen molar-refractivity contribution in [2.24, 2.45) is 0 Å². The number of urea groups is 1. The van der Waals surface area contributed by atoms with Gasteiger partial charge in [0.1, 0.15) is 17.9 Å². The third-order valence-corrected chi connectivity index (χ3v) is 6.33. The Labute approximate surface area is 208 Å². The van der Waals surface area contributed by atoms with Crippen molar-refractivity contribution in [1.82, 2.24) is 9.88 Å². The van der Waals surface area contributed by atoms with Crippen LogP contribution in [-0.4, -0.2) is 29.0 Å². The molecule has 35 heavy (non-hydrogen) atoms. The number of carbonyl (C=O) groups excluding carboxylic acids is 3. The number of hydrogen-bond donors (Lipinski definition) is 1. The fourth-order valence-electron chi connectivity index (χ4n) is 3.81. The van der Waals surface area contributed by atoms with E-state index in [1.54, 1.807) is 30.3 Å². The first-order chi connectivity index (χ1) is 16.9. The lowest BCUT2D eigenvalue weighted by Crippen LogP contribution is -2.54. The molecule has 1 aliphatic heterocycles. The number of barbiturate groups is 1. The summed E-state index contributed by atoms with van der Waals surface area (Å²) in [5.41, 5.74) is 2.03. The third kappa shape index (κ3) is 5.30. The van der Waals surface area contributed by atoms with Gasteiger partial charge in [0.2, 0.25) is 0 Å². The Hall–Kier alpha value is -3.84. The van der Waals surface area contributed by atoms with Gasteiger partial charge in [-0.1, -0.05) is 49.7 Å². The van der Waals surface area contributed by atoms with E-state index in [-0.39, 0.29) is 5.57 Å². The maximum atomic E-state index is 13.2. The number of halogens is 1. The molecule has 1 aliphatic rings. The number of rotatable bonds is 8. The quantitative estimate of drug-likeness (QED) is 0.338. The number of nitrogens with zero attached hydrogens (tertiary/aromatic N) is 2. The molecule has 4 rings (SSSR count). The van der Waals surface area contributed by atoms with Gasteiger partial charge in [-0.15, -0.1) is 0 Å². The van der Waals surface area contributed by atoms with Crippen LogP contribution in [0.1, 0.15) is 37.4 Å². The largest absolute Gasteiger partial charge is 0.490 e. The molecular formula is C27H26ClN3O4. The summed E-state index contributed by atoms with van der Waals surface area (Å²) >= 11 is 6.13. The maximum absolute atomic E-state index is 13.2. The summed E-state index contributed by atoms with van der Waals surface area (Å²) in [7, 11) is 0. The molecule has 0 radical (unpaired) electrons. The van der Waals surface area contributed by atoms with Gasteiger partial charge in [0, 0.05) is 11.9 Å². The summed E-state index contributed by atoms with van der Waals surface area (Å²) in [6.07, 6.45) is 4.29. The van der Waals surface area contributed by atoms with Crippen LogP contribution in [0.5, 0.6) is 5.75 Å². The summed E-state index contributed by atoms with van der Waals surface area (Å²) < 4.78 is 7.60. The molecule has 0 saturated carbocycles. The molecule has 2 aromatic carbocycles. The Bertz CT molecular complexity index is 1280. The molecule has 1 aromatic heterocycles. The zero-order valence-electron chi connectivity index (χ0n) is 19.5. The molecule has 1 fully saturated rings. The minimum Gasteiger partial charge on any atom is -0.490 e. The Balaban J connectivity index is 1.53. The molecule has 0 bridgehead atoms. The molecule has 1 atom stereocenters. The number of ether oxygens (including phenoxy) is 1. The van der Waals surface area contributed by atoms with Gasteiger partial charge < -0.3 is 9.30 Å². The summed E-state index contributed by atoms with van der Waals surface area (Å²) in [6, 6.07) is 17.3. The molecule has 3 aromatic rings. The number of imide groups is 2. The van der Waals surface area contributed by atoms with Crippen LogP contribution in [0.25, 0.3) is 6.08 Å². The number of benzene rings is 2. The number of carbonyl (C=O) groups is 3. The van der Waals surface area contributed by atoms with Gasteiger partial charge in [0.25, 0.3) is 11.8 Å². The average Bonchev–Trinajstić information content (AvgIpc) is 3.29. The number of hydrogen-bond acceptors (Lipinski definition) is 4. The molecule has 0 spiro atoms. The highest BCUT2D eigenvalue weighted by Crippen LogP contribution is 2.26. The highest BCUT2D eigenvalue weighted by atomic mass is 35.5. The Morgan fingerprint density at radius 2 is 1.77 bits per heavy atom. The molecular weight excluding hydrogens is 466 g/mol. The van der Waals surface area contributed by atoms with Crippen LogP contribution in [0, 0.1) is 0 Å². The number of aromatic nitrogens is 1. The van der Waals surface area contributed by atoms with Crippen LogP contribution in [0.3, 0.4) is 0 Å². The van der Waals surface area contributed by atoms with Gasteiger partial charge in [-0.3, -0.25) is 14.9 Å². The predicted octanol–water partition coefficient (Wildman–Crippen LogP) is 5.40. The Kier molecular flexibility index (Phi) is 7.36. The molecule has 180 valence electrons. The van der Waals surface area contributed by atoms with Gasteiger partial charge in [-0.2, -0.15) is 0 Å². The Morgan fingerprint density at radius 1 is 1.03 bits per heavy atom. The van der Waals surface area contributed by atoms with E-state index in [2.05, 4.69) is 19.2 Å². The van der Waals surface area contributed by atoms with Crippen LogP contribution >= 0.6 is 11.6 Å². The highest BCUT2D eigenvalue weighted by molar-refractivity contribution is 6.39. The second kappa shape index (κ2) is 10.6. The number of nitrogens with one attached hydrogen (secondary N) is 1. The topological polar surface area (TPSA) is 80.6 Å². The van der Waals surface area contributed by atoms with Crippen molar-refractivity contribution in [3.05, 3.63) is 88.7 Å². The van der Waals surface area contributed by atoms with Crippen molar-refractivity contribution < 1.29 is 19.1 Å². The average molecular weight is 492 g/mol. The predicted molar refractivity (Wildman–Crippen MR) is 136 cm³/mol. The lowest BCUT2D eigenvalue weighted by molar-refractivity contribution is -0.122. The normalized spacial score (nSPS) is 15.9. The van der Waals surface area contributed by atoms with Gasteiger partial charge >= 0.3 is 6.03 Å². The third-order valence-electron chi connectivity index (χ3n) is 6.02. The smallest absolute Gasteiger partial charge is 0.335 e. The van der Waals surface area contributed by atoms with Crippen LogP contribution in [-0.2, 0) is 16.1 Å². The first-order valence-electron chi connectivity index (χ1n) is 11.4. The molecule has 2 heterocycles. The van der Waals surface area contributed by atoms with E-state index in [1.807, 2.05) is 41.1 Å². The molecule has 7 nitrogen and oxygen atoms in total. The fraction of sp³-hybridized carbons (Fsp3) is 0.222. The van der Waals surface area contributed by atoms with Crippen molar-refractivity contribution in [3.63, 3.8) is 0 Å². The summed E-state index contributed by atoms with van der Waals surface area (Å²) in [5, 5.41) is 2.79. The van der Waals surface area contributed by atoms with Crippen LogP contribution < -0.4 is 15.0 Å². The van der Waals surface area contributed by atoms with Gasteiger partial charge in [0.05, 0.1) is 17.3 Å². The zero-order valence-corrected chi connectivity index (χ0v) is 20.3. The van der Waals surface area contributed by atoms with Crippen molar-refractivity contribution in [3.8, 4) is 5.75 Å². The number of amides is 4. The molecule has 4 amide bonds. The van der Waals surface area contributed by atoms with E-state index >= 15 is 0 Å². The highest BCUT2D eigenvalue weighted by Gasteiger charge is 2.37. The van der Waals surface area contributed by atoms with Crippen molar-refractivity contribution >= 4 is 41.2 Å². The Morgan fingerprint density at radius 3 is 2.49 bits per heavy atom. The van der Waals surface area contributed by atoms with Gasteiger partial charge in [0.15, 0.2) is 0 Å². The van der Waals surface area contributed by atoms with Crippen LogP contribution in [0.15, 0.2) is 72.4 Å². The lowest BCUT2D eigenvalue weighted by atomic mass is 9.98. The monoisotopic (exact) mass is 491 g/mol. The van der Waals surface area contributed by atoms with E-state index in [1.165, 1.54) is 6.08 Å². The summed E-state index contributed by atoms with van der Waals surface area (Å²) in [6.45, 7) is 5.01. The second-order valence-electron chi connectivity index (χ2n) is 8.26. The minimum absolute atomic E-state index is 0.123. The molecule has 0 aliphatic carbocycles. The van der Waals surface area contributed by atoms with Gasteiger partial charge in [-0.25, -0.2) is 9.69 Å². The van der Waals surface area contributed by atoms with E-state index in [9.17, 15) is 14.4 Å². The van der Waals surface area contributed by atoms with Crippen molar-refractivity contribution in [1.29, 1.82) is 0 Å². The van der Waals surface area contributed by atoms with E-state index in [4.69, 9.17) is 16.3 Å². The van der Waals surface area contributed by atoms with Crippen LogP contribution in [0.4, 0.5) is 10.5 Å². The number of anilines is 1. The minimum atomic E-state index is -0.767. The van der Waals surface area contributed by atoms with Crippen LogP contribution in [0.2, 0.25) is 5.02 Å².